The third kappa shape index (κ3) is 5.09. The van der Waals surface area contributed by atoms with Gasteiger partial charge in [-0.2, -0.15) is 5.10 Å². The molecule has 0 saturated heterocycles. The molecular weight excluding hydrogens is 352 g/mol. The van der Waals surface area contributed by atoms with E-state index in [9.17, 15) is 0 Å². The topological polar surface area (TPSA) is 76.4 Å². The number of ether oxygens (including phenoxy) is 1. The van der Waals surface area contributed by atoms with Crippen LogP contribution in [0.4, 0.5) is 0 Å². The van der Waals surface area contributed by atoms with E-state index in [4.69, 9.17) is 4.74 Å². The van der Waals surface area contributed by atoms with Crippen molar-refractivity contribution in [2.45, 2.75) is 20.4 Å². The molecule has 0 aliphatic carbocycles. The number of pyridine rings is 1. The first-order valence-electron chi connectivity index (χ1n) is 9.26. The number of nitrogens with zero attached hydrogens (tertiary/aromatic N) is 4. The Hall–Kier alpha value is -3.35. The van der Waals surface area contributed by atoms with Crippen LogP contribution in [0, 0.1) is 13.8 Å². The molecule has 7 heteroatoms. The number of para-hydroxylation sites is 1. The van der Waals surface area contributed by atoms with Gasteiger partial charge in [0.25, 0.3) is 0 Å². The van der Waals surface area contributed by atoms with Crippen LogP contribution in [0.15, 0.2) is 59.9 Å². The molecule has 2 aromatic heterocycles. The summed E-state index contributed by atoms with van der Waals surface area (Å²) in [5.41, 5.74) is 4.32. The third-order valence-corrected chi connectivity index (χ3v) is 4.20. The molecule has 0 fully saturated rings. The molecule has 2 heterocycles. The van der Waals surface area contributed by atoms with Gasteiger partial charge in [-0.15, -0.1) is 0 Å². The lowest BCUT2D eigenvalue weighted by atomic mass is 10.1. The second kappa shape index (κ2) is 9.55. The largest absolute Gasteiger partial charge is 0.490 e. The molecule has 3 rings (SSSR count). The van der Waals surface area contributed by atoms with Crippen LogP contribution in [0.1, 0.15) is 17.0 Å². The summed E-state index contributed by atoms with van der Waals surface area (Å²) in [4.78, 5) is 8.31. The highest BCUT2D eigenvalue weighted by molar-refractivity contribution is 5.79. The van der Waals surface area contributed by atoms with Gasteiger partial charge in [0, 0.05) is 25.5 Å². The van der Waals surface area contributed by atoms with Crippen LogP contribution in [0.25, 0.3) is 5.69 Å². The first-order valence-corrected chi connectivity index (χ1v) is 9.26. The van der Waals surface area contributed by atoms with Gasteiger partial charge in [0.05, 0.1) is 24.1 Å². The summed E-state index contributed by atoms with van der Waals surface area (Å²) in [6, 6.07) is 14.0. The summed E-state index contributed by atoms with van der Waals surface area (Å²) in [5, 5.41) is 11.2. The van der Waals surface area contributed by atoms with Gasteiger partial charge in [0.1, 0.15) is 12.4 Å². The maximum absolute atomic E-state index is 5.64. The van der Waals surface area contributed by atoms with Crippen molar-refractivity contribution < 1.29 is 4.74 Å². The van der Waals surface area contributed by atoms with Crippen LogP contribution in [0.5, 0.6) is 5.75 Å². The van der Waals surface area contributed by atoms with Crippen molar-refractivity contribution in [2.75, 3.05) is 20.2 Å². The zero-order valence-corrected chi connectivity index (χ0v) is 16.5. The highest BCUT2D eigenvalue weighted by atomic mass is 16.5. The first-order chi connectivity index (χ1) is 13.7. The van der Waals surface area contributed by atoms with Crippen LogP contribution in [0.3, 0.4) is 0 Å². The first kappa shape index (κ1) is 19.4. The average molecular weight is 378 g/mol. The maximum Gasteiger partial charge on any atom is 0.191 e. The van der Waals surface area contributed by atoms with E-state index in [-0.39, 0.29) is 0 Å². The van der Waals surface area contributed by atoms with Crippen molar-refractivity contribution in [2.24, 2.45) is 4.99 Å². The number of benzene rings is 1. The highest BCUT2D eigenvalue weighted by Gasteiger charge is 2.09. The molecule has 146 valence electrons. The van der Waals surface area contributed by atoms with E-state index in [2.05, 4.69) is 50.8 Å². The Morgan fingerprint density at radius 3 is 2.71 bits per heavy atom. The van der Waals surface area contributed by atoms with Gasteiger partial charge >= 0.3 is 0 Å². The number of aliphatic imine (C=N–C) groups is 1. The Morgan fingerprint density at radius 1 is 1.14 bits per heavy atom. The minimum Gasteiger partial charge on any atom is -0.490 e. The molecule has 0 spiro atoms. The van der Waals surface area contributed by atoms with Gasteiger partial charge in [0.2, 0.25) is 0 Å². The second-order valence-electron chi connectivity index (χ2n) is 6.36. The van der Waals surface area contributed by atoms with Gasteiger partial charge in [-0.05, 0) is 43.7 Å². The van der Waals surface area contributed by atoms with E-state index in [1.54, 1.807) is 19.4 Å². The zero-order chi connectivity index (χ0) is 19.8. The molecule has 28 heavy (non-hydrogen) atoms. The normalized spacial score (nSPS) is 11.3. The van der Waals surface area contributed by atoms with E-state index in [1.807, 2.05) is 35.9 Å². The Bertz CT molecular complexity index is 920. The summed E-state index contributed by atoms with van der Waals surface area (Å²) in [6.07, 6.45) is 3.42. The number of hydrogen-bond donors (Lipinski definition) is 2. The molecule has 0 aliphatic rings. The lowest BCUT2D eigenvalue weighted by Crippen LogP contribution is -2.39. The molecule has 0 saturated carbocycles. The Kier molecular flexibility index (Phi) is 6.62. The summed E-state index contributed by atoms with van der Waals surface area (Å²) in [5.74, 6) is 1.48. The van der Waals surface area contributed by atoms with Gasteiger partial charge < -0.3 is 15.4 Å². The smallest absolute Gasteiger partial charge is 0.191 e. The van der Waals surface area contributed by atoms with Crippen molar-refractivity contribution in [3.63, 3.8) is 0 Å². The maximum atomic E-state index is 5.64. The predicted octanol–water partition coefficient (Wildman–Crippen LogP) is 2.63. The zero-order valence-electron chi connectivity index (χ0n) is 16.5. The summed E-state index contributed by atoms with van der Waals surface area (Å²) < 4.78 is 7.61. The van der Waals surface area contributed by atoms with Gasteiger partial charge in [0.15, 0.2) is 5.96 Å². The molecule has 2 N–H and O–H groups in total. The van der Waals surface area contributed by atoms with Crippen LogP contribution < -0.4 is 15.4 Å². The van der Waals surface area contributed by atoms with E-state index in [0.29, 0.717) is 19.7 Å². The molecule has 0 amide bonds. The summed E-state index contributed by atoms with van der Waals surface area (Å²) >= 11 is 0. The summed E-state index contributed by atoms with van der Waals surface area (Å²) in [6.45, 7) is 5.86. The van der Waals surface area contributed by atoms with Crippen molar-refractivity contribution in [1.82, 2.24) is 25.4 Å². The van der Waals surface area contributed by atoms with E-state index < -0.39 is 0 Å². The molecule has 0 atom stereocenters. The summed E-state index contributed by atoms with van der Waals surface area (Å²) in [7, 11) is 1.75. The fraction of sp³-hybridized carbons (Fsp3) is 0.286. The Labute approximate surface area is 165 Å². The molecule has 3 aromatic rings. The number of aromatic nitrogens is 3. The van der Waals surface area contributed by atoms with E-state index in [0.717, 1.165) is 34.3 Å². The molecule has 7 nitrogen and oxygen atoms in total. The molecule has 0 radical (unpaired) electrons. The predicted molar refractivity (Wildman–Crippen MR) is 111 cm³/mol. The van der Waals surface area contributed by atoms with Crippen LogP contribution in [0.2, 0.25) is 0 Å². The molecule has 0 bridgehead atoms. The van der Waals surface area contributed by atoms with Crippen molar-refractivity contribution in [3.05, 3.63) is 71.8 Å². The fourth-order valence-electron chi connectivity index (χ4n) is 2.91. The molecule has 0 aliphatic heterocycles. The lowest BCUT2D eigenvalue weighted by molar-refractivity contribution is 0.320. The van der Waals surface area contributed by atoms with Gasteiger partial charge in [-0.1, -0.05) is 18.2 Å². The molecule has 0 unspecified atom stereocenters. The van der Waals surface area contributed by atoms with Crippen molar-refractivity contribution in [1.29, 1.82) is 0 Å². The lowest BCUT2D eigenvalue weighted by Gasteiger charge is -2.15. The number of rotatable bonds is 7. The van der Waals surface area contributed by atoms with Crippen LogP contribution in [-0.4, -0.2) is 40.9 Å². The van der Waals surface area contributed by atoms with Crippen LogP contribution >= 0.6 is 0 Å². The van der Waals surface area contributed by atoms with Crippen LogP contribution in [-0.2, 0) is 6.54 Å². The quantitative estimate of drug-likeness (QED) is 0.375. The van der Waals surface area contributed by atoms with E-state index in [1.165, 1.54) is 0 Å². The number of hydrogen-bond acceptors (Lipinski definition) is 4. The molecular formula is C21H26N6O. The minimum absolute atomic E-state index is 0.523. The number of guanidine groups is 1. The number of nitrogens with one attached hydrogen (secondary N) is 2. The SMILES string of the molecule is CN=C(NCCOc1cccnc1)NCc1ccccc1-n1nc(C)cc1C. The van der Waals surface area contributed by atoms with Gasteiger partial charge in [-0.3, -0.25) is 9.98 Å². The Morgan fingerprint density at radius 2 is 2.00 bits per heavy atom. The number of aryl methyl sites for hydroxylation is 2. The second-order valence-corrected chi connectivity index (χ2v) is 6.36. The minimum atomic E-state index is 0.523. The van der Waals surface area contributed by atoms with E-state index >= 15 is 0 Å². The highest BCUT2D eigenvalue weighted by Crippen LogP contribution is 2.16. The Balaban J connectivity index is 1.55. The monoisotopic (exact) mass is 378 g/mol. The van der Waals surface area contributed by atoms with Gasteiger partial charge in [-0.25, -0.2) is 4.68 Å². The van der Waals surface area contributed by atoms with Crippen molar-refractivity contribution >= 4 is 5.96 Å². The van der Waals surface area contributed by atoms with Crippen molar-refractivity contribution in [3.8, 4) is 11.4 Å². The third-order valence-electron chi connectivity index (χ3n) is 4.20. The fourth-order valence-corrected chi connectivity index (χ4v) is 2.91. The standard InChI is InChI=1S/C21H26N6O/c1-16-13-17(2)27(26-16)20-9-5-4-7-18(20)14-25-21(22-3)24-11-12-28-19-8-6-10-23-15-19/h4-10,13,15H,11-12,14H2,1-3H3,(H2,22,24,25). The average Bonchev–Trinajstić information content (AvgIpc) is 3.06. The molecule has 1 aromatic carbocycles.